The average Bonchev–Trinajstić information content (AvgIpc) is 2.47. The highest BCUT2D eigenvalue weighted by atomic mass is 19.4. The van der Waals surface area contributed by atoms with Gasteiger partial charge in [0.1, 0.15) is 0 Å². The van der Waals surface area contributed by atoms with E-state index in [4.69, 9.17) is 0 Å². The summed E-state index contributed by atoms with van der Waals surface area (Å²) < 4.78 is 62.9. The molecule has 0 amide bonds. The van der Waals surface area contributed by atoms with Crippen LogP contribution in [0.15, 0.2) is 48.5 Å². The SMILES string of the molecule is O=C(/C=C/c1ccc(C(F)(F)F)cc1)c1ccc(F)c(F)c1. The van der Waals surface area contributed by atoms with Crippen LogP contribution in [0.4, 0.5) is 22.0 Å². The molecule has 114 valence electrons. The van der Waals surface area contributed by atoms with E-state index in [1.807, 2.05) is 0 Å². The van der Waals surface area contributed by atoms with Crippen LogP contribution in [0.1, 0.15) is 21.5 Å². The number of hydrogen-bond donors (Lipinski definition) is 0. The van der Waals surface area contributed by atoms with Gasteiger partial charge in [-0.25, -0.2) is 8.78 Å². The smallest absolute Gasteiger partial charge is 0.289 e. The largest absolute Gasteiger partial charge is 0.416 e. The maximum atomic E-state index is 13.0. The zero-order chi connectivity index (χ0) is 16.3. The van der Waals surface area contributed by atoms with E-state index in [9.17, 15) is 26.7 Å². The summed E-state index contributed by atoms with van der Waals surface area (Å²) in [6, 6.07) is 6.90. The van der Waals surface area contributed by atoms with Gasteiger partial charge in [-0.15, -0.1) is 0 Å². The molecule has 0 aliphatic rings. The maximum Gasteiger partial charge on any atom is 0.416 e. The zero-order valence-electron chi connectivity index (χ0n) is 11.0. The van der Waals surface area contributed by atoms with E-state index in [0.29, 0.717) is 5.56 Å². The van der Waals surface area contributed by atoms with Crippen LogP contribution in [0.2, 0.25) is 0 Å². The molecule has 2 aromatic rings. The summed E-state index contributed by atoms with van der Waals surface area (Å²) in [5.41, 5.74) is -0.470. The first-order valence-corrected chi connectivity index (χ1v) is 6.12. The van der Waals surface area contributed by atoms with Crippen LogP contribution in [0, 0.1) is 11.6 Å². The summed E-state index contributed by atoms with van der Waals surface area (Å²) in [5, 5.41) is 0. The van der Waals surface area contributed by atoms with Crippen LogP contribution in [0.3, 0.4) is 0 Å². The van der Waals surface area contributed by atoms with Gasteiger partial charge in [0.15, 0.2) is 17.4 Å². The van der Waals surface area contributed by atoms with Gasteiger partial charge in [0.2, 0.25) is 0 Å². The van der Waals surface area contributed by atoms with Gasteiger partial charge in [-0.3, -0.25) is 4.79 Å². The molecule has 0 bridgehead atoms. The Hall–Kier alpha value is -2.50. The van der Waals surface area contributed by atoms with Gasteiger partial charge in [-0.1, -0.05) is 18.2 Å². The first-order chi connectivity index (χ1) is 10.3. The van der Waals surface area contributed by atoms with Crippen molar-refractivity contribution >= 4 is 11.9 Å². The van der Waals surface area contributed by atoms with Crippen molar-refractivity contribution in [1.82, 2.24) is 0 Å². The lowest BCUT2D eigenvalue weighted by molar-refractivity contribution is -0.137. The lowest BCUT2D eigenvalue weighted by Gasteiger charge is -2.05. The van der Waals surface area contributed by atoms with E-state index in [1.54, 1.807) is 0 Å². The van der Waals surface area contributed by atoms with Crippen LogP contribution in [-0.2, 0) is 6.18 Å². The van der Waals surface area contributed by atoms with Crippen molar-refractivity contribution in [2.24, 2.45) is 0 Å². The number of benzene rings is 2. The molecule has 0 atom stereocenters. The van der Waals surface area contributed by atoms with Crippen LogP contribution >= 0.6 is 0 Å². The van der Waals surface area contributed by atoms with Gasteiger partial charge in [-0.2, -0.15) is 13.2 Å². The number of rotatable bonds is 3. The molecular formula is C16H9F5O. The Morgan fingerprint density at radius 1 is 0.909 bits per heavy atom. The second-order valence-electron chi connectivity index (χ2n) is 4.45. The highest BCUT2D eigenvalue weighted by Gasteiger charge is 2.29. The number of halogens is 5. The molecule has 0 saturated heterocycles. The van der Waals surface area contributed by atoms with Crippen LogP contribution < -0.4 is 0 Å². The van der Waals surface area contributed by atoms with Crippen molar-refractivity contribution in [1.29, 1.82) is 0 Å². The number of carbonyl (C=O) groups is 1. The lowest BCUT2D eigenvalue weighted by Crippen LogP contribution is -2.04. The Morgan fingerprint density at radius 3 is 2.09 bits per heavy atom. The van der Waals surface area contributed by atoms with Gasteiger partial charge in [0.25, 0.3) is 0 Å². The van der Waals surface area contributed by atoms with Gasteiger partial charge in [0, 0.05) is 5.56 Å². The molecule has 0 aliphatic heterocycles. The molecule has 0 N–H and O–H groups in total. The molecular weight excluding hydrogens is 303 g/mol. The van der Waals surface area contributed by atoms with Crippen molar-refractivity contribution in [2.45, 2.75) is 6.18 Å². The third-order valence-electron chi connectivity index (χ3n) is 2.87. The standard InChI is InChI=1S/C16H9F5O/c17-13-7-4-11(9-14(13)18)15(22)8-3-10-1-5-12(6-2-10)16(19,20)21/h1-9H/b8-3+. The summed E-state index contributed by atoms with van der Waals surface area (Å²) in [5.74, 6) is -2.80. The number of ketones is 1. The second kappa shape index (κ2) is 6.09. The molecule has 0 fully saturated rings. The highest BCUT2D eigenvalue weighted by molar-refractivity contribution is 6.06. The quantitative estimate of drug-likeness (QED) is 0.448. The van der Waals surface area contributed by atoms with Crippen LogP contribution in [-0.4, -0.2) is 5.78 Å². The molecule has 22 heavy (non-hydrogen) atoms. The number of carbonyl (C=O) groups excluding carboxylic acids is 1. The van der Waals surface area contributed by atoms with Gasteiger partial charge in [-0.05, 0) is 42.0 Å². The number of alkyl halides is 3. The van der Waals surface area contributed by atoms with Crippen molar-refractivity contribution in [3.05, 3.63) is 76.9 Å². The third kappa shape index (κ3) is 3.78. The molecule has 2 aromatic carbocycles. The molecule has 0 aliphatic carbocycles. The Balaban J connectivity index is 2.14. The number of allylic oxidation sites excluding steroid dienone is 1. The minimum absolute atomic E-state index is 0.0536. The zero-order valence-corrected chi connectivity index (χ0v) is 11.0. The van der Waals surface area contributed by atoms with Crippen LogP contribution in [0.5, 0.6) is 0 Å². The van der Waals surface area contributed by atoms with Crippen LogP contribution in [0.25, 0.3) is 6.08 Å². The maximum absolute atomic E-state index is 13.0. The van der Waals surface area contributed by atoms with E-state index in [2.05, 4.69) is 0 Å². The van der Waals surface area contributed by atoms with E-state index < -0.39 is 29.2 Å². The molecule has 0 spiro atoms. The monoisotopic (exact) mass is 312 g/mol. The van der Waals surface area contributed by atoms with Crippen molar-refractivity contribution in [3.63, 3.8) is 0 Å². The minimum Gasteiger partial charge on any atom is -0.289 e. The molecule has 0 unspecified atom stereocenters. The Kier molecular flexibility index (Phi) is 4.40. The fourth-order valence-corrected chi connectivity index (χ4v) is 1.70. The van der Waals surface area contributed by atoms with E-state index >= 15 is 0 Å². The second-order valence-corrected chi connectivity index (χ2v) is 4.45. The molecule has 0 saturated carbocycles. The Labute approximate surface area is 122 Å². The normalized spacial score (nSPS) is 11.9. The molecule has 0 radical (unpaired) electrons. The predicted octanol–water partition coefficient (Wildman–Crippen LogP) is 4.88. The molecule has 0 aromatic heterocycles. The minimum atomic E-state index is -4.43. The van der Waals surface area contributed by atoms with Gasteiger partial charge >= 0.3 is 6.18 Å². The Bertz CT molecular complexity index is 714. The molecule has 6 heteroatoms. The average molecular weight is 312 g/mol. The summed E-state index contributed by atoms with van der Waals surface area (Å²) in [7, 11) is 0. The first-order valence-electron chi connectivity index (χ1n) is 6.12. The van der Waals surface area contributed by atoms with E-state index in [0.717, 1.165) is 36.4 Å². The lowest BCUT2D eigenvalue weighted by atomic mass is 10.1. The fourth-order valence-electron chi connectivity index (χ4n) is 1.70. The summed E-state index contributed by atoms with van der Waals surface area (Å²) in [6.07, 6.45) is -2.05. The number of hydrogen-bond acceptors (Lipinski definition) is 1. The Morgan fingerprint density at radius 2 is 1.55 bits per heavy atom. The summed E-state index contributed by atoms with van der Waals surface area (Å²) in [6.45, 7) is 0. The summed E-state index contributed by atoms with van der Waals surface area (Å²) >= 11 is 0. The highest BCUT2D eigenvalue weighted by Crippen LogP contribution is 2.29. The van der Waals surface area contributed by atoms with Gasteiger partial charge in [0.05, 0.1) is 5.56 Å². The van der Waals surface area contributed by atoms with E-state index in [-0.39, 0.29) is 5.56 Å². The van der Waals surface area contributed by atoms with Crippen molar-refractivity contribution < 1.29 is 26.7 Å². The molecule has 0 heterocycles. The molecule has 2 rings (SSSR count). The first kappa shape index (κ1) is 15.9. The fraction of sp³-hybridized carbons (Fsp3) is 0.0625. The van der Waals surface area contributed by atoms with Gasteiger partial charge < -0.3 is 0 Å². The van der Waals surface area contributed by atoms with Crippen molar-refractivity contribution in [3.8, 4) is 0 Å². The topological polar surface area (TPSA) is 17.1 Å². The van der Waals surface area contributed by atoms with Crippen molar-refractivity contribution in [2.75, 3.05) is 0 Å². The molecule has 1 nitrogen and oxygen atoms in total. The third-order valence-corrected chi connectivity index (χ3v) is 2.87. The predicted molar refractivity (Wildman–Crippen MR) is 71.2 cm³/mol. The summed E-state index contributed by atoms with van der Waals surface area (Å²) in [4.78, 5) is 11.8. The van der Waals surface area contributed by atoms with E-state index in [1.165, 1.54) is 18.2 Å².